The van der Waals surface area contributed by atoms with Crippen LogP contribution in [0, 0.1) is 12.3 Å². The number of hydrogen-bond acceptors (Lipinski definition) is 2. The Morgan fingerprint density at radius 2 is 2.23 bits per heavy atom. The summed E-state index contributed by atoms with van der Waals surface area (Å²) in [6.45, 7) is 2.09. The summed E-state index contributed by atoms with van der Waals surface area (Å²) >= 11 is 0. The number of ketones is 1. The molecule has 0 aromatic carbocycles. The van der Waals surface area contributed by atoms with E-state index >= 15 is 0 Å². The summed E-state index contributed by atoms with van der Waals surface area (Å²) in [5, 5.41) is 0. The van der Waals surface area contributed by atoms with E-state index in [0.29, 0.717) is 12.8 Å². The predicted octanol–water partition coefficient (Wildman–Crippen LogP) is 1.88. The van der Waals surface area contributed by atoms with Crippen LogP contribution < -0.4 is 5.73 Å². The number of hydrogen-bond donors (Lipinski definition) is 1. The minimum Gasteiger partial charge on any atom is -0.322 e. The van der Waals surface area contributed by atoms with Gasteiger partial charge in [-0.15, -0.1) is 12.3 Å². The van der Waals surface area contributed by atoms with Crippen molar-refractivity contribution in [2.24, 2.45) is 5.73 Å². The van der Waals surface area contributed by atoms with Crippen molar-refractivity contribution in [2.45, 2.75) is 51.5 Å². The number of carbonyl (C=O) groups is 1. The maximum Gasteiger partial charge on any atom is 0.149 e. The molecule has 0 spiro atoms. The van der Waals surface area contributed by atoms with E-state index in [0.717, 1.165) is 25.7 Å². The molecule has 0 saturated carbocycles. The number of terminal acetylenes is 1. The molecule has 2 heteroatoms. The first-order valence-corrected chi connectivity index (χ1v) is 4.94. The Kier molecular flexibility index (Phi) is 7.33. The molecule has 0 aliphatic heterocycles. The highest BCUT2D eigenvalue weighted by Crippen LogP contribution is 2.04. The van der Waals surface area contributed by atoms with Crippen LogP contribution in [0.1, 0.15) is 45.4 Å². The van der Waals surface area contributed by atoms with Crippen LogP contribution in [0.4, 0.5) is 0 Å². The summed E-state index contributed by atoms with van der Waals surface area (Å²) in [5.74, 6) is 2.67. The van der Waals surface area contributed by atoms with Gasteiger partial charge in [0.15, 0.2) is 0 Å². The van der Waals surface area contributed by atoms with Crippen molar-refractivity contribution in [3.05, 3.63) is 0 Å². The first-order chi connectivity index (χ1) is 6.22. The monoisotopic (exact) mass is 181 g/mol. The maximum atomic E-state index is 11.3. The van der Waals surface area contributed by atoms with E-state index in [4.69, 9.17) is 12.2 Å². The van der Waals surface area contributed by atoms with Crippen molar-refractivity contribution in [2.75, 3.05) is 0 Å². The number of Topliss-reactive ketones (excluding diaryl/α,β-unsaturated/α-hetero) is 1. The van der Waals surface area contributed by atoms with Crippen molar-refractivity contribution in [1.29, 1.82) is 0 Å². The third-order valence-corrected chi connectivity index (χ3v) is 2.03. The maximum absolute atomic E-state index is 11.3. The van der Waals surface area contributed by atoms with Crippen LogP contribution in [0.5, 0.6) is 0 Å². The molecule has 1 unspecified atom stereocenters. The lowest BCUT2D eigenvalue weighted by Gasteiger charge is -2.08. The molecule has 1 atom stereocenters. The second-order valence-electron chi connectivity index (χ2n) is 3.27. The van der Waals surface area contributed by atoms with Gasteiger partial charge in [-0.3, -0.25) is 4.79 Å². The smallest absolute Gasteiger partial charge is 0.149 e. The second kappa shape index (κ2) is 7.82. The van der Waals surface area contributed by atoms with Gasteiger partial charge in [0.2, 0.25) is 0 Å². The fourth-order valence-corrected chi connectivity index (χ4v) is 1.14. The molecule has 0 rings (SSSR count). The quantitative estimate of drug-likeness (QED) is 0.481. The SMILES string of the molecule is C#CCCCC(=O)C(N)CCCC. The van der Waals surface area contributed by atoms with E-state index in [1.54, 1.807) is 0 Å². The fourth-order valence-electron chi connectivity index (χ4n) is 1.14. The van der Waals surface area contributed by atoms with Crippen molar-refractivity contribution in [1.82, 2.24) is 0 Å². The normalized spacial score (nSPS) is 12.1. The third kappa shape index (κ3) is 6.36. The third-order valence-electron chi connectivity index (χ3n) is 2.03. The molecule has 0 radical (unpaired) electrons. The number of carbonyl (C=O) groups excluding carboxylic acids is 1. The molecule has 0 aliphatic carbocycles. The predicted molar refractivity (Wildman–Crippen MR) is 55.2 cm³/mol. The van der Waals surface area contributed by atoms with Crippen molar-refractivity contribution >= 4 is 5.78 Å². The molecule has 2 nitrogen and oxygen atoms in total. The number of rotatable bonds is 7. The molecule has 2 N–H and O–H groups in total. The lowest BCUT2D eigenvalue weighted by molar-refractivity contribution is -0.120. The molecule has 0 aromatic rings. The molecular weight excluding hydrogens is 162 g/mol. The van der Waals surface area contributed by atoms with Crippen molar-refractivity contribution in [3.8, 4) is 12.3 Å². The van der Waals surface area contributed by atoms with Crippen LogP contribution in [0.25, 0.3) is 0 Å². The van der Waals surface area contributed by atoms with Crippen LogP contribution in [0.15, 0.2) is 0 Å². The Morgan fingerprint density at radius 1 is 1.54 bits per heavy atom. The average Bonchev–Trinajstić information content (AvgIpc) is 2.14. The molecule has 0 saturated heterocycles. The Bertz CT molecular complexity index is 181. The number of unbranched alkanes of at least 4 members (excludes halogenated alkanes) is 2. The van der Waals surface area contributed by atoms with Crippen LogP contribution >= 0.6 is 0 Å². The molecule has 0 aromatic heterocycles. The summed E-state index contributed by atoms with van der Waals surface area (Å²) in [6, 6.07) is -0.266. The standard InChI is InChI=1S/C11H19NO/c1-3-5-7-9-11(13)10(12)8-6-4-2/h1,10H,4-9,12H2,2H3. The molecule has 0 aliphatic rings. The zero-order chi connectivity index (χ0) is 10.1. The van der Waals surface area contributed by atoms with Gasteiger partial charge in [0.25, 0.3) is 0 Å². The van der Waals surface area contributed by atoms with E-state index < -0.39 is 0 Å². The Balaban J connectivity index is 3.52. The molecule has 0 fully saturated rings. The highest BCUT2D eigenvalue weighted by Gasteiger charge is 2.11. The summed E-state index contributed by atoms with van der Waals surface area (Å²) < 4.78 is 0. The summed E-state index contributed by atoms with van der Waals surface area (Å²) in [4.78, 5) is 11.3. The van der Waals surface area contributed by atoms with Gasteiger partial charge >= 0.3 is 0 Å². The van der Waals surface area contributed by atoms with Gasteiger partial charge < -0.3 is 5.73 Å². The van der Waals surface area contributed by atoms with E-state index in [-0.39, 0.29) is 11.8 Å². The largest absolute Gasteiger partial charge is 0.322 e. The van der Waals surface area contributed by atoms with Gasteiger partial charge in [0.05, 0.1) is 6.04 Å². The molecule has 74 valence electrons. The molecule has 13 heavy (non-hydrogen) atoms. The van der Waals surface area contributed by atoms with Gasteiger partial charge in [-0.2, -0.15) is 0 Å². The zero-order valence-electron chi connectivity index (χ0n) is 8.38. The van der Waals surface area contributed by atoms with Gasteiger partial charge in [-0.25, -0.2) is 0 Å². The van der Waals surface area contributed by atoms with Crippen LogP contribution in [0.2, 0.25) is 0 Å². The van der Waals surface area contributed by atoms with E-state index in [1.807, 2.05) is 0 Å². The van der Waals surface area contributed by atoms with Gasteiger partial charge in [0.1, 0.15) is 5.78 Å². The van der Waals surface area contributed by atoms with Gasteiger partial charge in [-0.1, -0.05) is 19.8 Å². The Morgan fingerprint density at radius 3 is 2.77 bits per heavy atom. The fraction of sp³-hybridized carbons (Fsp3) is 0.727. The summed E-state index contributed by atoms with van der Waals surface area (Å²) in [6.07, 6.45) is 9.99. The lowest BCUT2D eigenvalue weighted by atomic mass is 10.0. The van der Waals surface area contributed by atoms with E-state index in [1.165, 1.54) is 0 Å². The first-order valence-electron chi connectivity index (χ1n) is 4.94. The summed E-state index contributed by atoms with van der Waals surface area (Å²) in [7, 11) is 0. The minimum atomic E-state index is -0.266. The molecule has 0 amide bonds. The Hall–Kier alpha value is -0.810. The van der Waals surface area contributed by atoms with Gasteiger partial charge in [-0.05, 0) is 12.8 Å². The average molecular weight is 181 g/mol. The van der Waals surface area contributed by atoms with Gasteiger partial charge in [0, 0.05) is 12.8 Å². The van der Waals surface area contributed by atoms with Crippen LogP contribution in [-0.2, 0) is 4.79 Å². The Labute approximate surface area is 80.9 Å². The van der Waals surface area contributed by atoms with Crippen LogP contribution in [0.3, 0.4) is 0 Å². The first kappa shape index (κ1) is 12.2. The van der Waals surface area contributed by atoms with E-state index in [2.05, 4.69) is 12.8 Å². The highest BCUT2D eigenvalue weighted by atomic mass is 16.1. The topological polar surface area (TPSA) is 43.1 Å². The van der Waals surface area contributed by atoms with Crippen molar-refractivity contribution in [3.63, 3.8) is 0 Å². The highest BCUT2D eigenvalue weighted by molar-refractivity contribution is 5.83. The number of nitrogens with two attached hydrogens (primary N) is 1. The van der Waals surface area contributed by atoms with E-state index in [9.17, 15) is 4.79 Å². The van der Waals surface area contributed by atoms with Crippen LogP contribution in [-0.4, -0.2) is 11.8 Å². The zero-order valence-corrected chi connectivity index (χ0v) is 8.38. The molecule has 0 heterocycles. The minimum absolute atomic E-state index is 0.156. The summed E-state index contributed by atoms with van der Waals surface area (Å²) in [5.41, 5.74) is 5.68. The lowest BCUT2D eigenvalue weighted by Crippen LogP contribution is -2.30. The molecule has 0 bridgehead atoms. The molecular formula is C11H19NO. The second-order valence-corrected chi connectivity index (χ2v) is 3.27. The van der Waals surface area contributed by atoms with Crippen molar-refractivity contribution < 1.29 is 4.79 Å².